The first kappa shape index (κ1) is 14.9. The monoisotopic (exact) mass is 266 g/mol. The molecule has 0 saturated carbocycles. The average Bonchev–Trinajstić information content (AvgIpc) is 2.38. The minimum absolute atomic E-state index is 0.523. The van der Waals surface area contributed by atoms with Crippen LogP contribution >= 0.6 is 0 Å². The van der Waals surface area contributed by atoms with Crippen molar-refractivity contribution in [2.75, 3.05) is 0 Å². The summed E-state index contributed by atoms with van der Waals surface area (Å²) in [6.07, 6.45) is -0.0894. The second-order valence-electron chi connectivity index (χ2n) is 3.99. The lowest BCUT2D eigenvalue weighted by Gasteiger charge is -2.24. The number of aliphatic carboxylic acids is 2. The summed E-state index contributed by atoms with van der Waals surface area (Å²) >= 11 is 0. The van der Waals surface area contributed by atoms with Crippen molar-refractivity contribution in [1.82, 2.24) is 0 Å². The molecule has 1 rings (SSSR count). The molecule has 19 heavy (non-hydrogen) atoms. The third kappa shape index (κ3) is 3.64. The molecule has 2 unspecified atom stereocenters. The highest BCUT2D eigenvalue weighted by atomic mass is 16.4. The Bertz CT molecular complexity index is 481. The van der Waals surface area contributed by atoms with Crippen LogP contribution in [0.5, 0.6) is 0 Å². The SMILES string of the molecule is O=C(O)C(O)C(O)(CC=Cc1ccccc1)C(=O)O. The predicted molar refractivity (Wildman–Crippen MR) is 66.3 cm³/mol. The lowest BCUT2D eigenvalue weighted by molar-refractivity contribution is -0.182. The summed E-state index contributed by atoms with van der Waals surface area (Å²) in [5.41, 5.74) is -1.99. The van der Waals surface area contributed by atoms with Crippen LogP contribution in [0, 0.1) is 0 Å². The summed E-state index contributed by atoms with van der Waals surface area (Å²) in [7, 11) is 0. The van der Waals surface area contributed by atoms with Crippen LogP contribution in [-0.4, -0.2) is 44.1 Å². The fourth-order valence-electron chi connectivity index (χ4n) is 1.46. The molecule has 0 aliphatic heterocycles. The number of hydrogen-bond acceptors (Lipinski definition) is 4. The van der Waals surface area contributed by atoms with E-state index < -0.39 is 30.1 Å². The molecular weight excluding hydrogens is 252 g/mol. The highest BCUT2D eigenvalue weighted by Gasteiger charge is 2.46. The van der Waals surface area contributed by atoms with Gasteiger partial charge in [0, 0.05) is 6.42 Å². The van der Waals surface area contributed by atoms with E-state index in [0.717, 1.165) is 5.56 Å². The third-order valence-corrected chi connectivity index (χ3v) is 2.60. The Hall–Kier alpha value is -2.18. The normalized spacial score (nSPS) is 15.9. The first-order valence-electron chi connectivity index (χ1n) is 5.46. The van der Waals surface area contributed by atoms with E-state index in [1.54, 1.807) is 30.3 Å². The van der Waals surface area contributed by atoms with Crippen LogP contribution in [0.3, 0.4) is 0 Å². The van der Waals surface area contributed by atoms with Crippen LogP contribution in [0.1, 0.15) is 12.0 Å². The highest BCUT2D eigenvalue weighted by molar-refractivity contribution is 5.87. The van der Waals surface area contributed by atoms with E-state index in [-0.39, 0.29) is 0 Å². The van der Waals surface area contributed by atoms with Crippen molar-refractivity contribution in [3.05, 3.63) is 42.0 Å². The number of aliphatic hydroxyl groups is 2. The van der Waals surface area contributed by atoms with Crippen LogP contribution in [0.25, 0.3) is 6.08 Å². The molecular formula is C13H14O6. The van der Waals surface area contributed by atoms with Crippen LogP contribution < -0.4 is 0 Å². The third-order valence-electron chi connectivity index (χ3n) is 2.60. The standard InChI is InChI=1S/C13H14O6/c14-10(11(15)16)13(19,12(17)18)8-4-7-9-5-2-1-3-6-9/h1-7,10,14,19H,8H2,(H,15,16)(H,17,18). The van der Waals surface area contributed by atoms with Gasteiger partial charge in [-0.05, 0) is 5.56 Å². The van der Waals surface area contributed by atoms with Gasteiger partial charge < -0.3 is 20.4 Å². The molecule has 102 valence electrons. The predicted octanol–water partition coefficient (Wildman–Crippen LogP) is 0.351. The molecule has 0 bridgehead atoms. The summed E-state index contributed by atoms with van der Waals surface area (Å²) < 4.78 is 0. The number of carbonyl (C=O) groups is 2. The van der Waals surface area contributed by atoms with Gasteiger partial charge in [-0.15, -0.1) is 0 Å². The average molecular weight is 266 g/mol. The Labute approximate surface area is 109 Å². The number of benzene rings is 1. The van der Waals surface area contributed by atoms with Gasteiger partial charge in [-0.2, -0.15) is 0 Å². The Kier molecular flexibility index (Phi) is 4.80. The number of aliphatic hydroxyl groups excluding tert-OH is 1. The lowest BCUT2D eigenvalue weighted by atomic mass is 9.92. The van der Waals surface area contributed by atoms with E-state index in [0.29, 0.717) is 0 Å². The van der Waals surface area contributed by atoms with Gasteiger partial charge in [0.2, 0.25) is 5.60 Å². The second-order valence-corrected chi connectivity index (χ2v) is 3.99. The van der Waals surface area contributed by atoms with Crippen molar-refractivity contribution in [2.24, 2.45) is 0 Å². The van der Waals surface area contributed by atoms with E-state index in [4.69, 9.17) is 10.2 Å². The van der Waals surface area contributed by atoms with Gasteiger partial charge >= 0.3 is 11.9 Å². The number of hydrogen-bond donors (Lipinski definition) is 4. The molecule has 0 aromatic heterocycles. The minimum Gasteiger partial charge on any atom is -0.479 e. The molecule has 6 nitrogen and oxygen atoms in total. The molecule has 0 aliphatic carbocycles. The molecule has 0 saturated heterocycles. The summed E-state index contributed by atoms with van der Waals surface area (Å²) in [4.78, 5) is 21.5. The first-order valence-corrected chi connectivity index (χ1v) is 5.46. The van der Waals surface area contributed by atoms with Crippen molar-refractivity contribution < 1.29 is 30.0 Å². The van der Waals surface area contributed by atoms with Gasteiger partial charge in [-0.3, -0.25) is 0 Å². The molecule has 0 fully saturated rings. The van der Waals surface area contributed by atoms with Gasteiger partial charge in [-0.25, -0.2) is 9.59 Å². The van der Waals surface area contributed by atoms with Crippen molar-refractivity contribution in [3.63, 3.8) is 0 Å². The molecule has 1 aromatic carbocycles. The van der Waals surface area contributed by atoms with Crippen LogP contribution in [0.15, 0.2) is 36.4 Å². The molecule has 6 heteroatoms. The van der Waals surface area contributed by atoms with E-state index in [2.05, 4.69) is 0 Å². The molecule has 0 amide bonds. The zero-order valence-corrected chi connectivity index (χ0v) is 9.93. The summed E-state index contributed by atoms with van der Waals surface area (Å²) in [5.74, 6) is -3.59. The van der Waals surface area contributed by atoms with Gasteiger partial charge in [0.05, 0.1) is 0 Å². The summed E-state index contributed by atoms with van der Waals surface area (Å²) in [6.45, 7) is 0. The van der Waals surface area contributed by atoms with Crippen molar-refractivity contribution >= 4 is 18.0 Å². The zero-order valence-electron chi connectivity index (χ0n) is 9.93. The summed E-state index contributed by atoms with van der Waals surface area (Å²) in [5, 5.41) is 36.4. The van der Waals surface area contributed by atoms with E-state index in [9.17, 15) is 19.8 Å². The Morgan fingerprint density at radius 3 is 2.26 bits per heavy atom. The molecule has 4 N–H and O–H groups in total. The Morgan fingerprint density at radius 2 is 1.79 bits per heavy atom. The van der Waals surface area contributed by atoms with Crippen LogP contribution in [0.4, 0.5) is 0 Å². The fraction of sp³-hybridized carbons (Fsp3) is 0.231. The zero-order chi connectivity index (χ0) is 14.5. The molecule has 0 aliphatic rings. The van der Waals surface area contributed by atoms with Gasteiger partial charge in [0.15, 0.2) is 6.10 Å². The molecule has 0 spiro atoms. The van der Waals surface area contributed by atoms with E-state index in [1.807, 2.05) is 0 Å². The van der Waals surface area contributed by atoms with Crippen molar-refractivity contribution in [1.29, 1.82) is 0 Å². The van der Waals surface area contributed by atoms with Gasteiger partial charge in [-0.1, -0.05) is 42.5 Å². The number of rotatable bonds is 6. The Balaban J connectivity index is 2.83. The maximum atomic E-state index is 10.9. The lowest BCUT2D eigenvalue weighted by Crippen LogP contribution is -2.52. The topological polar surface area (TPSA) is 115 Å². The molecule has 2 atom stereocenters. The highest BCUT2D eigenvalue weighted by Crippen LogP contribution is 2.18. The molecule has 0 radical (unpaired) electrons. The smallest absolute Gasteiger partial charge is 0.339 e. The maximum Gasteiger partial charge on any atom is 0.339 e. The number of carboxylic acids is 2. The second kappa shape index (κ2) is 6.12. The van der Waals surface area contributed by atoms with Crippen LogP contribution in [-0.2, 0) is 9.59 Å². The number of carboxylic acid groups (broad SMARTS) is 2. The van der Waals surface area contributed by atoms with Gasteiger partial charge in [0.25, 0.3) is 0 Å². The summed E-state index contributed by atoms with van der Waals surface area (Å²) in [6, 6.07) is 8.86. The maximum absolute atomic E-state index is 10.9. The minimum atomic E-state index is -2.75. The van der Waals surface area contributed by atoms with Crippen molar-refractivity contribution in [2.45, 2.75) is 18.1 Å². The Morgan fingerprint density at radius 1 is 1.21 bits per heavy atom. The first-order chi connectivity index (χ1) is 8.88. The van der Waals surface area contributed by atoms with Gasteiger partial charge in [0.1, 0.15) is 0 Å². The quantitative estimate of drug-likeness (QED) is 0.590. The largest absolute Gasteiger partial charge is 0.479 e. The molecule has 1 aromatic rings. The van der Waals surface area contributed by atoms with Crippen LogP contribution in [0.2, 0.25) is 0 Å². The van der Waals surface area contributed by atoms with E-state index in [1.165, 1.54) is 12.2 Å². The molecule has 0 heterocycles. The van der Waals surface area contributed by atoms with Crippen molar-refractivity contribution in [3.8, 4) is 0 Å². The van der Waals surface area contributed by atoms with E-state index >= 15 is 0 Å². The fourth-order valence-corrected chi connectivity index (χ4v) is 1.46.